The number of carbonyl (C=O) groups excluding carboxylic acids is 1. The van der Waals surface area contributed by atoms with E-state index in [1.165, 1.54) is 7.11 Å². The minimum Gasteiger partial charge on any atom is -0.469 e. The zero-order chi connectivity index (χ0) is 13.9. The zero-order valence-corrected chi connectivity index (χ0v) is 12.7. The lowest BCUT2D eigenvalue weighted by Gasteiger charge is -2.44. The van der Waals surface area contributed by atoms with Crippen LogP contribution in [0.1, 0.15) is 26.7 Å². The van der Waals surface area contributed by atoms with E-state index >= 15 is 0 Å². The van der Waals surface area contributed by atoms with Crippen molar-refractivity contribution in [1.29, 1.82) is 0 Å². The highest BCUT2D eigenvalue weighted by Crippen LogP contribution is 2.35. The van der Waals surface area contributed by atoms with Gasteiger partial charge in [0.15, 0.2) is 0 Å². The maximum atomic E-state index is 12.0. The fourth-order valence-electron chi connectivity index (χ4n) is 3.38. The van der Waals surface area contributed by atoms with Gasteiger partial charge in [0.05, 0.1) is 12.5 Å². The van der Waals surface area contributed by atoms with Gasteiger partial charge in [0.2, 0.25) is 0 Å². The largest absolute Gasteiger partial charge is 0.469 e. The average Bonchev–Trinajstić information content (AvgIpc) is 2.30. The number of hydrogen-bond acceptors (Lipinski definition) is 4. The van der Waals surface area contributed by atoms with E-state index in [1.807, 2.05) is 13.8 Å². The highest BCUT2D eigenvalue weighted by molar-refractivity contribution is 5.76. The molecular formula is C14H28N2O2. The maximum Gasteiger partial charge on any atom is 0.312 e. The third-order valence-corrected chi connectivity index (χ3v) is 4.22. The van der Waals surface area contributed by atoms with Crippen LogP contribution in [0.15, 0.2) is 0 Å². The Balaban J connectivity index is 2.85. The van der Waals surface area contributed by atoms with E-state index in [4.69, 9.17) is 4.74 Å². The molecule has 18 heavy (non-hydrogen) atoms. The monoisotopic (exact) mass is 256 g/mol. The summed E-state index contributed by atoms with van der Waals surface area (Å²) in [6.07, 6.45) is 2.31. The second-order valence-electron chi connectivity index (χ2n) is 6.26. The fraction of sp³-hybridized carbons (Fsp3) is 0.929. The Morgan fingerprint density at radius 3 is 2.22 bits per heavy atom. The van der Waals surface area contributed by atoms with Gasteiger partial charge < -0.3 is 14.5 Å². The van der Waals surface area contributed by atoms with E-state index in [9.17, 15) is 4.79 Å². The smallest absolute Gasteiger partial charge is 0.312 e. The van der Waals surface area contributed by atoms with E-state index in [-0.39, 0.29) is 12.0 Å². The number of rotatable bonds is 4. The van der Waals surface area contributed by atoms with Gasteiger partial charge in [-0.3, -0.25) is 4.79 Å². The minimum absolute atomic E-state index is 0.111. The van der Waals surface area contributed by atoms with Gasteiger partial charge in [-0.1, -0.05) is 0 Å². The lowest BCUT2D eigenvalue weighted by atomic mass is 9.73. The van der Waals surface area contributed by atoms with Gasteiger partial charge in [-0.2, -0.15) is 0 Å². The maximum absolute atomic E-state index is 12.0. The molecule has 1 aliphatic rings. The van der Waals surface area contributed by atoms with Gasteiger partial charge >= 0.3 is 5.97 Å². The molecule has 0 aliphatic carbocycles. The topological polar surface area (TPSA) is 32.8 Å². The van der Waals surface area contributed by atoms with Gasteiger partial charge in [0.25, 0.3) is 0 Å². The second-order valence-corrected chi connectivity index (χ2v) is 6.26. The summed E-state index contributed by atoms with van der Waals surface area (Å²) in [6.45, 7) is 6.24. The van der Waals surface area contributed by atoms with Crippen LogP contribution >= 0.6 is 0 Å². The Kier molecular flexibility index (Phi) is 5.17. The van der Waals surface area contributed by atoms with Gasteiger partial charge in [-0.05, 0) is 66.8 Å². The van der Waals surface area contributed by atoms with Crippen LogP contribution in [0.4, 0.5) is 0 Å². The molecule has 0 N–H and O–H groups in total. The van der Waals surface area contributed by atoms with Crippen molar-refractivity contribution in [2.45, 2.75) is 32.7 Å². The fourth-order valence-corrected chi connectivity index (χ4v) is 3.38. The van der Waals surface area contributed by atoms with Crippen LogP contribution in [-0.4, -0.2) is 63.2 Å². The third kappa shape index (κ3) is 3.23. The molecule has 0 spiro atoms. The number of piperidine rings is 1. The third-order valence-electron chi connectivity index (χ3n) is 4.22. The molecule has 1 unspecified atom stereocenters. The van der Waals surface area contributed by atoms with Gasteiger partial charge in [0, 0.05) is 6.04 Å². The molecule has 0 amide bonds. The summed E-state index contributed by atoms with van der Waals surface area (Å²) in [5.41, 5.74) is -0.459. The van der Waals surface area contributed by atoms with Crippen molar-refractivity contribution in [2.24, 2.45) is 11.3 Å². The molecule has 0 bridgehead atoms. The number of carbonyl (C=O) groups is 1. The van der Waals surface area contributed by atoms with Crippen LogP contribution in [-0.2, 0) is 9.53 Å². The number of methoxy groups -OCH3 is 1. The molecule has 1 atom stereocenters. The molecule has 0 aromatic rings. The molecule has 0 aromatic heterocycles. The number of hydrogen-bond donors (Lipinski definition) is 0. The quantitative estimate of drug-likeness (QED) is 0.713. The molecule has 0 saturated carbocycles. The second kappa shape index (κ2) is 6.02. The molecule has 1 saturated heterocycles. The van der Waals surface area contributed by atoms with Crippen LogP contribution < -0.4 is 0 Å². The highest BCUT2D eigenvalue weighted by atomic mass is 16.5. The van der Waals surface area contributed by atoms with E-state index in [0.717, 1.165) is 25.9 Å². The van der Waals surface area contributed by atoms with Crippen molar-refractivity contribution in [3.05, 3.63) is 0 Å². The summed E-state index contributed by atoms with van der Waals surface area (Å²) < 4.78 is 4.98. The summed E-state index contributed by atoms with van der Waals surface area (Å²) in [5, 5.41) is 0. The van der Waals surface area contributed by atoms with Crippen LogP contribution in [0.3, 0.4) is 0 Å². The molecule has 1 heterocycles. The van der Waals surface area contributed by atoms with Crippen molar-refractivity contribution >= 4 is 5.97 Å². The minimum atomic E-state index is -0.459. The Morgan fingerprint density at radius 2 is 1.83 bits per heavy atom. The van der Waals surface area contributed by atoms with Crippen molar-refractivity contribution in [3.63, 3.8) is 0 Å². The number of esters is 1. The Labute approximate surface area is 111 Å². The first-order valence-electron chi connectivity index (χ1n) is 6.74. The number of ether oxygens (including phenoxy) is 1. The summed E-state index contributed by atoms with van der Waals surface area (Å²) in [4.78, 5) is 16.6. The molecule has 4 heteroatoms. The Morgan fingerprint density at radius 1 is 1.33 bits per heavy atom. The number of nitrogens with zero attached hydrogens (tertiary/aromatic N) is 2. The van der Waals surface area contributed by atoms with E-state index in [0.29, 0.717) is 5.92 Å². The summed E-state index contributed by atoms with van der Waals surface area (Å²) in [6, 6.07) is 0.235. The van der Waals surface area contributed by atoms with Gasteiger partial charge in [-0.15, -0.1) is 0 Å². The molecule has 106 valence electrons. The molecule has 0 radical (unpaired) electrons. The van der Waals surface area contributed by atoms with Crippen molar-refractivity contribution in [3.8, 4) is 0 Å². The van der Waals surface area contributed by atoms with Crippen LogP contribution in [0.2, 0.25) is 0 Å². The van der Waals surface area contributed by atoms with Crippen LogP contribution in [0.25, 0.3) is 0 Å². The zero-order valence-electron chi connectivity index (χ0n) is 12.7. The van der Waals surface area contributed by atoms with Crippen molar-refractivity contribution in [1.82, 2.24) is 9.80 Å². The van der Waals surface area contributed by atoms with E-state index in [2.05, 4.69) is 30.9 Å². The molecule has 1 rings (SSSR count). The Hall–Kier alpha value is -0.610. The summed E-state index contributed by atoms with van der Waals surface area (Å²) in [7, 11) is 7.76. The van der Waals surface area contributed by atoms with E-state index < -0.39 is 5.41 Å². The summed E-state index contributed by atoms with van der Waals surface area (Å²) >= 11 is 0. The predicted molar refractivity (Wildman–Crippen MR) is 73.5 cm³/mol. The van der Waals surface area contributed by atoms with Crippen molar-refractivity contribution < 1.29 is 9.53 Å². The first-order chi connectivity index (χ1) is 8.30. The molecule has 1 fully saturated rings. The first-order valence-corrected chi connectivity index (χ1v) is 6.74. The first kappa shape index (κ1) is 15.4. The van der Waals surface area contributed by atoms with Crippen LogP contribution in [0, 0.1) is 11.3 Å². The van der Waals surface area contributed by atoms with Crippen LogP contribution in [0.5, 0.6) is 0 Å². The molecule has 0 aromatic carbocycles. The van der Waals surface area contributed by atoms with Gasteiger partial charge in [-0.25, -0.2) is 0 Å². The normalized spacial score (nSPS) is 21.1. The molecular weight excluding hydrogens is 228 g/mol. The van der Waals surface area contributed by atoms with Gasteiger partial charge in [0.1, 0.15) is 0 Å². The predicted octanol–water partition coefficient (Wildman–Crippen LogP) is 1.46. The average molecular weight is 256 g/mol. The number of likely N-dealkylation sites (tertiary alicyclic amines) is 1. The highest BCUT2D eigenvalue weighted by Gasteiger charge is 2.43. The summed E-state index contributed by atoms with van der Waals surface area (Å²) in [5.74, 6) is 0.449. The standard InChI is InChI=1S/C14H28N2O2/c1-14(2,13(17)18-6)12(15(3)4)11-7-9-16(5)10-8-11/h11-12H,7-10H2,1-6H3. The Bertz CT molecular complexity index is 282. The lowest BCUT2D eigenvalue weighted by Crippen LogP contribution is -2.53. The molecule has 1 aliphatic heterocycles. The van der Waals surface area contributed by atoms with Crippen molar-refractivity contribution in [2.75, 3.05) is 41.3 Å². The van der Waals surface area contributed by atoms with E-state index in [1.54, 1.807) is 0 Å². The lowest BCUT2D eigenvalue weighted by molar-refractivity contribution is -0.156. The molecule has 4 nitrogen and oxygen atoms in total. The SMILES string of the molecule is COC(=O)C(C)(C)C(C1CCN(C)CC1)N(C)C.